The van der Waals surface area contributed by atoms with E-state index < -0.39 is 11.6 Å². The molecule has 2 rings (SSSR count). The highest BCUT2D eigenvalue weighted by molar-refractivity contribution is 6.31. The highest BCUT2D eigenvalue weighted by atomic mass is 35.5. The number of nitrogens with zero attached hydrogens (tertiary/aromatic N) is 1. The SMILES string of the molecule is Cc1ccc(F)c(NCc2ccc(C#N)cc2Cl)c1F. The van der Waals surface area contributed by atoms with Gasteiger partial charge in [0, 0.05) is 11.6 Å². The molecule has 0 atom stereocenters. The third-order valence-corrected chi connectivity index (χ3v) is 3.27. The summed E-state index contributed by atoms with van der Waals surface area (Å²) in [5, 5.41) is 11.8. The molecule has 102 valence electrons. The molecule has 0 aromatic heterocycles. The van der Waals surface area contributed by atoms with Gasteiger partial charge < -0.3 is 5.32 Å². The quantitative estimate of drug-likeness (QED) is 0.909. The molecule has 0 aliphatic carbocycles. The van der Waals surface area contributed by atoms with Gasteiger partial charge >= 0.3 is 0 Å². The van der Waals surface area contributed by atoms with Crippen LogP contribution in [0.1, 0.15) is 16.7 Å². The van der Waals surface area contributed by atoms with E-state index in [4.69, 9.17) is 16.9 Å². The first-order valence-electron chi connectivity index (χ1n) is 5.90. The van der Waals surface area contributed by atoms with Crippen LogP contribution < -0.4 is 5.32 Å². The van der Waals surface area contributed by atoms with Gasteiger partial charge in [-0.05, 0) is 36.2 Å². The van der Waals surface area contributed by atoms with Crippen molar-refractivity contribution >= 4 is 17.3 Å². The first kappa shape index (κ1) is 14.3. The Bertz CT molecular complexity index is 693. The van der Waals surface area contributed by atoms with E-state index in [1.54, 1.807) is 19.1 Å². The van der Waals surface area contributed by atoms with Crippen molar-refractivity contribution in [1.82, 2.24) is 0 Å². The molecule has 2 aromatic carbocycles. The Morgan fingerprint density at radius 2 is 2.00 bits per heavy atom. The Morgan fingerprint density at radius 3 is 2.65 bits per heavy atom. The fourth-order valence-corrected chi connectivity index (χ4v) is 2.01. The molecule has 0 bridgehead atoms. The minimum absolute atomic E-state index is 0.168. The molecule has 5 heteroatoms. The Morgan fingerprint density at radius 1 is 1.25 bits per heavy atom. The second-order valence-corrected chi connectivity index (χ2v) is 4.73. The van der Waals surface area contributed by atoms with Crippen molar-refractivity contribution in [2.45, 2.75) is 13.5 Å². The van der Waals surface area contributed by atoms with E-state index in [1.165, 1.54) is 18.2 Å². The maximum absolute atomic E-state index is 13.8. The van der Waals surface area contributed by atoms with Crippen molar-refractivity contribution in [3.63, 3.8) is 0 Å². The largest absolute Gasteiger partial charge is 0.376 e. The fraction of sp³-hybridized carbons (Fsp3) is 0.133. The highest BCUT2D eigenvalue weighted by Crippen LogP contribution is 2.24. The number of anilines is 1. The first-order valence-corrected chi connectivity index (χ1v) is 6.27. The molecule has 0 saturated heterocycles. The molecule has 0 amide bonds. The predicted octanol–water partition coefficient (Wildman–Crippen LogP) is 4.41. The van der Waals surface area contributed by atoms with Crippen molar-refractivity contribution in [2.75, 3.05) is 5.32 Å². The molecule has 1 N–H and O–H groups in total. The highest BCUT2D eigenvalue weighted by Gasteiger charge is 2.11. The lowest BCUT2D eigenvalue weighted by atomic mass is 10.1. The summed E-state index contributed by atoms with van der Waals surface area (Å²) in [6.45, 7) is 1.73. The average Bonchev–Trinajstić information content (AvgIpc) is 2.44. The third kappa shape index (κ3) is 2.89. The molecule has 0 radical (unpaired) electrons. The van der Waals surface area contributed by atoms with Gasteiger partial charge in [-0.2, -0.15) is 5.26 Å². The van der Waals surface area contributed by atoms with Gasteiger partial charge in [0.2, 0.25) is 0 Å². The molecule has 0 saturated carbocycles. The molecular weight excluding hydrogens is 282 g/mol. The number of halogens is 3. The van der Waals surface area contributed by atoms with E-state index in [0.717, 1.165) is 0 Å². The number of hydrogen-bond acceptors (Lipinski definition) is 2. The average molecular weight is 293 g/mol. The Labute approximate surface area is 120 Å². The van der Waals surface area contributed by atoms with Gasteiger partial charge in [-0.3, -0.25) is 0 Å². The Hall–Kier alpha value is -2.12. The number of benzene rings is 2. The summed E-state index contributed by atoms with van der Waals surface area (Å²) in [5.41, 5.74) is 1.28. The van der Waals surface area contributed by atoms with E-state index in [1.807, 2.05) is 6.07 Å². The topological polar surface area (TPSA) is 35.8 Å². The van der Waals surface area contributed by atoms with E-state index in [-0.39, 0.29) is 12.2 Å². The summed E-state index contributed by atoms with van der Waals surface area (Å²) < 4.78 is 27.4. The minimum Gasteiger partial charge on any atom is -0.376 e. The van der Waals surface area contributed by atoms with Crippen molar-refractivity contribution < 1.29 is 8.78 Å². The van der Waals surface area contributed by atoms with Crippen LogP contribution in [0.15, 0.2) is 30.3 Å². The van der Waals surface area contributed by atoms with E-state index in [9.17, 15) is 8.78 Å². The predicted molar refractivity (Wildman–Crippen MR) is 74.6 cm³/mol. The molecule has 0 fully saturated rings. The molecule has 0 unspecified atom stereocenters. The van der Waals surface area contributed by atoms with Gasteiger partial charge in [-0.25, -0.2) is 8.78 Å². The number of aryl methyl sites for hydroxylation is 1. The zero-order valence-electron chi connectivity index (χ0n) is 10.7. The van der Waals surface area contributed by atoms with E-state index in [0.29, 0.717) is 21.7 Å². The maximum atomic E-state index is 13.8. The van der Waals surface area contributed by atoms with Crippen LogP contribution in [0.4, 0.5) is 14.5 Å². The molecule has 20 heavy (non-hydrogen) atoms. The smallest absolute Gasteiger partial charge is 0.152 e. The summed E-state index contributed by atoms with van der Waals surface area (Å²) in [7, 11) is 0. The molecule has 2 aromatic rings. The monoisotopic (exact) mass is 292 g/mol. The Balaban J connectivity index is 2.22. The van der Waals surface area contributed by atoms with Crippen LogP contribution in [0.2, 0.25) is 5.02 Å². The fourth-order valence-electron chi connectivity index (χ4n) is 1.76. The van der Waals surface area contributed by atoms with Gasteiger partial charge in [0.1, 0.15) is 11.5 Å². The van der Waals surface area contributed by atoms with E-state index >= 15 is 0 Å². The minimum atomic E-state index is -0.655. The standard InChI is InChI=1S/C15H11ClF2N2/c1-9-2-5-13(17)15(14(9)18)20-8-11-4-3-10(7-19)6-12(11)16/h2-6,20H,8H2,1H3. The lowest BCUT2D eigenvalue weighted by Crippen LogP contribution is -2.05. The lowest BCUT2D eigenvalue weighted by Gasteiger charge is -2.11. The van der Waals surface area contributed by atoms with Crippen LogP contribution in [0.25, 0.3) is 0 Å². The van der Waals surface area contributed by atoms with Crippen LogP contribution in [-0.2, 0) is 6.54 Å². The summed E-state index contributed by atoms with van der Waals surface area (Å²) >= 11 is 6.01. The molecule has 2 nitrogen and oxygen atoms in total. The number of nitrogens with one attached hydrogen (secondary N) is 1. The van der Waals surface area contributed by atoms with Gasteiger partial charge in [-0.15, -0.1) is 0 Å². The maximum Gasteiger partial charge on any atom is 0.152 e. The second kappa shape index (κ2) is 5.89. The second-order valence-electron chi connectivity index (χ2n) is 4.32. The first-order chi connectivity index (χ1) is 9.52. The number of hydrogen-bond donors (Lipinski definition) is 1. The summed E-state index contributed by atoms with van der Waals surface area (Å²) in [4.78, 5) is 0. The number of rotatable bonds is 3. The van der Waals surface area contributed by atoms with Crippen molar-refractivity contribution in [3.05, 3.63) is 63.7 Å². The lowest BCUT2D eigenvalue weighted by molar-refractivity contribution is 0.582. The van der Waals surface area contributed by atoms with Crippen molar-refractivity contribution in [3.8, 4) is 6.07 Å². The summed E-state index contributed by atoms with van der Waals surface area (Å²) in [5.74, 6) is -1.27. The Kier molecular flexibility index (Phi) is 4.21. The van der Waals surface area contributed by atoms with E-state index in [2.05, 4.69) is 5.32 Å². The zero-order valence-corrected chi connectivity index (χ0v) is 11.4. The molecular formula is C15H11ClF2N2. The molecule has 0 aliphatic heterocycles. The number of nitriles is 1. The normalized spacial score (nSPS) is 10.2. The molecule has 0 spiro atoms. The van der Waals surface area contributed by atoms with Gasteiger partial charge in [0.15, 0.2) is 5.82 Å². The van der Waals surface area contributed by atoms with Gasteiger partial charge in [0.05, 0.1) is 11.6 Å². The van der Waals surface area contributed by atoms with Gasteiger partial charge in [-0.1, -0.05) is 23.7 Å². The molecule has 0 heterocycles. The zero-order chi connectivity index (χ0) is 14.7. The summed E-state index contributed by atoms with van der Waals surface area (Å²) in [6, 6.07) is 9.33. The van der Waals surface area contributed by atoms with Crippen LogP contribution in [-0.4, -0.2) is 0 Å². The molecule has 0 aliphatic rings. The van der Waals surface area contributed by atoms with Crippen molar-refractivity contribution in [2.24, 2.45) is 0 Å². The van der Waals surface area contributed by atoms with Crippen molar-refractivity contribution in [1.29, 1.82) is 5.26 Å². The van der Waals surface area contributed by atoms with Crippen LogP contribution in [0.5, 0.6) is 0 Å². The van der Waals surface area contributed by atoms with Crippen LogP contribution >= 0.6 is 11.6 Å². The van der Waals surface area contributed by atoms with Crippen LogP contribution in [0.3, 0.4) is 0 Å². The van der Waals surface area contributed by atoms with Gasteiger partial charge in [0.25, 0.3) is 0 Å². The summed E-state index contributed by atoms with van der Waals surface area (Å²) in [6.07, 6.45) is 0. The third-order valence-electron chi connectivity index (χ3n) is 2.92. The van der Waals surface area contributed by atoms with Crippen LogP contribution in [0, 0.1) is 29.9 Å².